The smallest absolute Gasteiger partial charge is 0.282 e. The molecule has 0 aromatic carbocycles. The van der Waals surface area contributed by atoms with E-state index in [9.17, 15) is 8.42 Å². The van der Waals surface area contributed by atoms with Crippen molar-refractivity contribution in [1.29, 1.82) is 0 Å². The Bertz CT molecular complexity index is 334. The van der Waals surface area contributed by atoms with E-state index in [4.69, 9.17) is 4.55 Å². The molecule has 0 radical (unpaired) electrons. The summed E-state index contributed by atoms with van der Waals surface area (Å²) in [5.74, 6) is 0. The summed E-state index contributed by atoms with van der Waals surface area (Å²) in [7, 11) is -4.03. The first-order valence-electron chi connectivity index (χ1n) is 3.88. The molecule has 0 aliphatic rings. The number of hydrogen-bond donors (Lipinski definition) is 1. The van der Waals surface area contributed by atoms with Gasteiger partial charge >= 0.3 is 0 Å². The van der Waals surface area contributed by atoms with Crippen LogP contribution < -0.4 is 0 Å². The van der Waals surface area contributed by atoms with Crippen molar-refractivity contribution in [2.45, 2.75) is 20.3 Å². The predicted molar refractivity (Wildman–Crippen MR) is 53.9 cm³/mol. The predicted octanol–water partition coefficient (Wildman–Crippen LogP) is 2.30. The van der Waals surface area contributed by atoms with Crippen LogP contribution in [0.15, 0.2) is 35.3 Å². The van der Waals surface area contributed by atoms with E-state index in [0.29, 0.717) is 0 Å². The van der Waals surface area contributed by atoms with Gasteiger partial charge in [0.2, 0.25) is 0 Å². The van der Waals surface area contributed by atoms with Crippen LogP contribution in [0.4, 0.5) is 0 Å². The van der Waals surface area contributed by atoms with Crippen LogP contribution in [0, 0.1) is 0 Å². The van der Waals surface area contributed by atoms with Crippen LogP contribution >= 0.6 is 0 Å². The van der Waals surface area contributed by atoms with Crippen LogP contribution in [-0.2, 0) is 10.1 Å². The molecule has 4 heteroatoms. The summed E-state index contributed by atoms with van der Waals surface area (Å²) in [5, 5.41) is 0. The highest BCUT2D eigenvalue weighted by molar-refractivity contribution is 7.89. The van der Waals surface area contributed by atoms with Gasteiger partial charge in [-0.15, -0.1) is 0 Å². The van der Waals surface area contributed by atoms with Crippen LogP contribution in [0.1, 0.15) is 20.3 Å². The van der Waals surface area contributed by atoms with Gasteiger partial charge in [0.15, 0.2) is 0 Å². The van der Waals surface area contributed by atoms with E-state index in [-0.39, 0.29) is 4.91 Å². The summed E-state index contributed by atoms with van der Waals surface area (Å²) in [4.78, 5) is -0.0762. The fraction of sp³-hybridized carbons (Fsp3) is 0.333. The maximum Gasteiger partial charge on any atom is 0.290 e. The molecule has 0 aromatic heterocycles. The quantitative estimate of drug-likeness (QED) is 0.562. The van der Waals surface area contributed by atoms with E-state index in [2.05, 4.69) is 6.58 Å². The third-order valence-electron chi connectivity index (χ3n) is 1.52. The van der Waals surface area contributed by atoms with Crippen molar-refractivity contribution in [2.24, 2.45) is 0 Å². The Morgan fingerprint density at radius 1 is 1.54 bits per heavy atom. The standard InChI is InChI=1S/C9H14O3S/c1-4-8(2)6-5-7-9(3)13(10,11)12/h5-7H,2,4H2,1,3H3,(H,10,11,12)/b6-5-,9-7+. The third-order valence-corrected chi connectivity index (χ3v) is 2.47. The second kappa shape index (κ2) is 4.99. The molecule has 0 fully saturated rings. The summed E-state index contributed by atoms with van der Waals surface area (Å²) in [6.45, 7) is 6.98. The fourth-order valence-corrected chi connectivity index (χ4v) is 0.774. The molecule has 0 aliphatic carbocycles. The molecule has 0 aliphatic heterocycles. The van der Waals surface area contributed by atoms with Crippen LogP contribution in [0.2, 0.25) is 0 Å². The lowest BCUT2D eigenvalue weighted by molar-refractivity contribution is 0.491. The Morgan fingerprint density at radius 3 is 2.46 bits per heavy atom. The van der Waals surface area contributed by atoms with Crippen molar-refractivity contribution in [2.75, 3.05) is 0 Å². The Morgan fingerprint density at radius 2 is 2.08 bits per heavy atom. The largest absolute Gasteiger partial charge is 0.290 e. The second-order valence-corrected chi connectivity index (χ2v) is 4.22. The van der Waals surface area contributed by atoms with Crippen LogP contribution in [0.25, 0.3) is 0 Å². The molecule has 0 heterocycles. The fourth-order valence-electron chi connectivity index (χ4n) is 0.524. The first-order valence-corrected chi connectivity index (χ1v) is 5.32. The van der Waals surface area contributed by atoms with Gasteiger partial charge in [-0.25, -0.2) is 0 Å². The molecule has 0 rings (SSSR count). The molecular formula is C9H14O3S. The van der Waals surface area contributed by atoms with Gasteiger partial charge in [-0.05, 0) is 19.4 Å². The molecule has 0 aromatic rings. The average Bonchev–Trinajstić information content (AvgIpc) is 2.02. The number of hydrogen-bond acceptors (Lipinski definition) is 2. The van der Waals surface area contributed by atoms with Crippen molar-refractivity contribution >= 4 is 10.1 Å². The van der Waals surface area contributed by atoms with Gasteiger partial charge in [-0.3, -0.25) is 4.55 Å². The van der Waals surface area contributed by atoms with Gasteiger partial charge in [0.05, 0.1) is 4.91 Å². The van der Waals surface area contributed by atoms with Gasteiger partial charge in [0, 0.05) is 0 Å². The Kier molecular flexibility index (Phi) is 4.66. The Balaban J connectivity index is 4.46. The van der Waals surface area contributed by atoms with Gasteiger partial charge in [0.1, 0.15) is 0 Å². The highest BCUT2D eigenvalue weighted by Crippen LogP contribution is 2.04. The summed E-state index contributed by atoms with van der Waals surface area (Å²) >= 11 is 0. The SMILES string of the molecule is C=C(/C=C\C=C(/C)S(=O)(=O)O)CC. The third kappa shape index (κ3) is 5.38. The van der Waals surface area contributed by atoms with E-state index < -0.39 is 10.1 Å². The van der Waals surface area contributed by atoms with Crippen molar-refractivity contribution in [3.8, 4) is 0 Å². The summed E-state index contributed by atoms with van der Waals surface area (Å²) in [6, 6.07) is 0. The van der Waals surface area contributed by atoms with Crippen LogP contribution in [0.3, 0.4) is 0 Å². The van der Waals surface area contributed by atoms with E-state index in [0.717, 1.165) is 12.0 Å². The summed E-state index contributed by atoms with van der Waals surface area (Å²) < 4.78 is 29.6. The topological polar surface area (TPSA) is 54.4 Å². The molecule has 74 valence electrons. The van der Waals surface area contributed by atoms with Crippen LogP contribution in [0.5, 0.6) is 0 Å². The van der Waals surface area contributed by atoms with E-state index in [1.807, 2.05) is 6.92 Å². The minimum atomic E-state index is -4.03. The monoisotopic (exact) mass is 202 g/mol. The molecule has 0 atom stereocenters. The van der Waals surface area contributed by atoms with E-state index >= 15 is 0 Å². The first-order chi connectivity index (χ1) is 5.88. The van der Waals surface area contributed by atoms with Crippen molar-refractivity contribution in [3.05, 3.63) is 35.3 Å². The van der Waals surface area contributed by atoms with Crippen molar-refractivity contribution in [1.82, 2.24) is 0 Å². The van der Waals surface area contributed by atoms with Crippen molar-refractivity contribution in [3.63, 3.8) is 0 Å². The molecule has 0 spiro atoms. The minimum absolute atomic E-state index is 0.0762. The Hall–Kier alpha value is -0.870. The lowest BCUT2D eigenvalue weighted by Crippen LogP contribution is -1.96. The second-order valence-electron chi connectivity index (χ2n) is 2.62. The maximum absolute atomic E-state index is 10.5. The molecule has 13 heavy (non-hydrogen) atoms. The van der Waals surface area contributed by atoms with Gasteiger partial charge in [-0.2, -0.15) is 8.42 Å². The zero-order chi connectivity index (χ0) is 10.5. The summed E-state index contributed by atoms with van der Waals surface area (Å²) in [6.07, 6.45) is 5.40. The highest BCUT2D eigenvalue weighted by Gasteiger charge is 2.04. The molecule has 0 unspecified atom stereocenters. The van der Waals surface area contributed by atoms with Gasteiger partial charge < -0.3 is 0 Å². The highest BCUT2D eigenvalue weighted by atomic mass is 32.2. The molecule has 0 saturated carbocycles. The lowest BCUT2D eigenvalue weighted by atomic mass is 10.2. The maximum atomic E-state index is 10.5. The lowest BCUT2D eigenvalue weighted by Gasteiger charge is -1.92. The molecule has 3 nitrogen and oxygen atoms in total. The molecular weight excluding hydrogens is 188 g/mol. The van der Waals surface area contributed by atoms with E-state index in [1.54, 1.807) is 12.2 Å². The van der Waals surface area contributed by atoms with Crippen molar-refractivity contribution < 1.29 is 13.0 Å². The zero-order valence-electron chi connectivity index (χ0n) is 7.82. The number of allylic oxidation sites excluding steroid dienone is 5. The zero-order valence-corrected chi connectivity index (χ0v) is 8.63. The number of rotatable bonds is 4. The van der Waals surface area contributed by atoms with Gasteiger partial charge in [0.25, 0.3) is 10.1 Å². The molecule has 0 amide bonds. The molecule has 1 N–H and O–H groups in total. The van der Waals surface area contributed by atoms with Crippen LogP contribution in [-0.4, -0.2) is 13.0 Å². The average molecular weight is 202 g/mol. The normalized spacial score (nSPS) is 13.6. The first kappa shape index (κ1) is 12.1. The summed E-state index contributed by atoms with van der Waals surface area (Å²) in [5.41, 5.74) is 0.902. The van der Waals surface area contributed by atoms with E-state index in [1.165, 1.54) is 13.0 Å². The molecule has 0 saturated heterocycles. The minimum Gasteiger partial charge on any atom is -0.282 e. The van der Waals surface area contributed by atoms with Gasteiger partial charge in [-0.1, -0.05) is 31.2 Å². The molecule has 0 bridgehead atoms. The Labute approximate surface area is 79.2 Å².